The summed E-state index contributed by atoms with van der Waals surface area (Å²) in [6, 6.07) is 9.96. The number of alkyl halides is 6. The number of hydrogen-bond acceptors (Lipinski definition) is 7. The number of nitrogens with zero attached hydrogens (tertiary/aromatic N) is 4. The maximum absolute atomic E-state index is 16.1. The molecule has 0 amide bonds. The monoisotopic (exact) mass is 749 g/mol. The van der Waals surface area contributed by atoms with E-state index in [4.69, 9.17) is 0 Å². The summed E-state index contributed by atoms with van der Waals surface area (Å²) in [5.74, 6) is -1.54. The fourth-order valence-corrected chi connectivity index (χ4v) is 9.60. The molecule has 1 aromatic carbocycles. The summed E-state index contributed by atoms with van der Waals surface area (Å²) in [5, 5.41) is 17.6. The van der Waals surface area contributed by atoms with Gasteiger partial charge in [0.25, 0.3) is 0 Å². The van der Waals surface area contributed by atoms with Crippen LogP contribution in [-0.2, 0) is 27.0 Å². The number of rotatable bonds is 4. The maximum atomic E-state index is 16.1. The molecule has 3 N–H and O–H groups in total. The van der Waals surface area contributed by atoms with Crippen molar-refractivity contribution in [2.75, 3.05) is 10.6 Å². The van der Waals surface area contributed by atoms with Gasteiger partial charge in [-0.1, -0.05) is 57.2 Å². The second-order valence-electron chi connectivity index (χ2n) is 16.1. The molecule has 15 heteroatoms. The van der Waals surface area contributed by atoms with Gasteiger partial charge in [0.2, 0.25) is 0 Å². The van der Waals surface area contributed by atoms with Crippen LogP contribution in [0.4, 0.5) is 38.0 Å². The molecule has 9 nitrogen and oxygen atoms in total. The predicted molar refractivity (Wildman–Crippen MR) is 186 cm³/mol. The second kappa shape index (κ2) is 11.4. The lowest BCUT2D eigenvalue weighted by molar-refractivity contribution is -0.171. The fraction of sp³-hybridized carbons (Fsp3) is 0.410. The number of pyridine rings is 1. The van der Waals surface area contributed by atoms with Crippen molar-refractivity contribution in [3.8, 4) is 0 Å². The van der Waals surface area contributed by atoms with Gasteiger partial charge >= 0.3 is 12.4 Å². The molecule has 3 atom stereocenters. The summed E-state index contributed by atoms with van der Waals surface area (Å²) in [5.41, 5.74) is -8.72. The van der Waals surface area contributed by atoms with Crippen LogP contribution in [0.25, 0.3) is 0 Å². The first-order valence-electron chi connectivity index (χ1n) is 17.6. The number of Topliss-reactive ketones (excluding diaryl/α,β-unsaturated/α-hetero) is 2. The number of allylic oxidation sites excluding steroid dienone is 4. The number of aromatic nitrogens is 5. The van der Waals surface area contributed by atoms with Gasteiger partial charge in [0.15, 0.2) is 34.0 Å². The van der Waals surface area contributed by atoms with E-state index in [2.05, 4.69) is 30.9 Å². The van der Waals surface area contributed by atoms with Gasteiger partial charge < -0.3 is 10.6 Å². The summed E-state index contributed by atoms with van der Waals surface area (Å²) in [7, 11) is 0. The molecule has 0 spiro atoms. The molecule has 3 unspecified atom stereocenters. The first kappa shape index (κ1) is 35.8. The van der Waals surface area contributed by atoms with E-state index in [1.165, 1.54) is 61.1 Å². The average molecular weight is 750 g/mol. The number of carbonyl (C=O) groups excluding carboxylic acids is 2. The van der Waals surface area contributed by atoms with E-state index in [9.17, 15) is 9.59 Å². The number of H-pyrrole nitrogens is 1. The van der Waals surface area contributed by atoms with Crippen molar-refractivity contribution >= 4 is 23.2 Å². The summed E-state index contributed by atoms with van der Waals surface area (Å²) < 4.78 is 96.9. The third kappa shape index (κ3) is 4.81. The van der Waals surface area contributed by atoms with Gasteiger partial charge in [0, 0.05) is 76.8 Å². The summed E-state index contributed by atoms with van der Waals surface area (Å²) in [6.07, 6.45) is -7.87. The van der Waals surface area contributed by atoms with Crippen molar-refractivity contribution in [2.45, 2.75) is 90.0 Å². The van der Waals surface area contributed by atoms with Crippen molar-refractivity contribution in [1.29, 1.82) is 0 Å². The Bertz CT molecular complexity index is 2300. The number of benzene rings is 1. The molecule has 0 saturated carbocycles. The van der Waals surface area contributed by atoms with E-state index >= 15 is 26.3 Å². The van der Waals surface area contributed by atoms with E-state index in [0.717, 1.165) is 6.20 Å². The Morgan fingerprint density at radius 3 is 1.96 bits per heavy atom. The normalized spacial score (nSPS) is 26.4. The predicted octanol–water partition coefficient (Wildman–Crippen LogP) is 8.13. The molecule has 4 aromatic rings. The largest absolute Gasteiger partial charge is 0.406 e. The average Bonchev–Trinajstić information content (AvgIpc) is 3.59. The second-order valence-corrected chi connectivity index (χ2v) is 16.1. The van der Waals surface area contributed by atoms with Crippen molar-refractivity contribution in [3.63, 3.8) is 0 Å². The molecule has 0 bridgehead atoms. The van der Waals surface area contributed by atoms with Crippen LogP contribution < -0.4 is 10.6 Å². The number of halogens is 6. The van der Waals surface area contributed by atoms with Crippen LogP contribution in [0.3, 0.4) is 0 Å². The minimum absolute atomic E-state index is 0.0339. The van der Waals surface area contributed by atoms with Crippen molar-refractivity contribution in [3.05, 3.63) is 111 Å². The van der Waals surface area contributed by atoms with E-state index in [1.54, 1.807) is 13.0 Å². The highest BCUT2D eigenvalue weighted by Crippen LogP contribution is 2.62. The topological polar surface area (TPSA) is 118 Å². The van der Waals surface area contributed by atoms with Gasteiger partial charge in [0.1, 0.15) is 0 Å². The lowest BCUT2D eigenvalue weighted by Gasteiger charge is -2.46. The first-order valence-corrected chi connectivity index (χ1v) is 17.6. The highest BCUT2D eigenvalue weighted by molar-refractivity contribution is 6.04. The minimum Gasteiger partial charge on any atom is -0.342 e. The SMILES string of the molecule is Cc1[nH]nc2c1C(c1ccccc1)(C(F)(F)F)C1=C(CC(C)(Cn3nc4c(c3C)C(c3cccnc3)(C(F)(F)F)C3=C(CC(C)(C)CC3=O)N4)CC1=O)N2. The van der Waals surface area contributed by atoms with Gasteiger partial charge in [-0.25, -0.2) is 0 Å². The van der Waals surface area contributed by atoms with E-state index in [0.29, 0.717) is 0 Å². The zero-order valence-corrected chi connectivity index (χ0v) is 30.1. The van der Waals surface area contributed by atoms with Gasteiger partial charge in [-0.3, -0.25) is 24.4 Å². The Morgan fingerprint density at radius 2 is 1.33 bits per heavy atom. The van der Waals surface area contributed by atoms with Crippen molar-refractivity contribution < 1.29 is 35.9 Å². The molecule has 2 aliphatic carbocycles. The minimum atomic E-state index is -5.02. The third-order valence-electron chi connectivity index (χ3n) is 11.5. The molecular formula is C39H37F6N7O2. The van der Waals surface area contributed by atoms with Crippen molar-refractivity contribution in [2.24, 2.45) is 10.8 Å². The maximum Gasteiger partial charge on any atom is 0.406 e. The molecular weight excluding hydrogens is 712 g/mol. The number of ketones is 2. The summed E-state index contributed by atoms with van der Waals surface area (Å²) >= 11 is 0. The van der Waals surface area contributed by atoms with Crippen LogP contribution in [-0.4, -0.2) is 48.9 Å². The molecule has 8 rings (SSSR count). The Hall–Kier alpha value is -5.21. The van der Waals surface area contributed by atoms with E-state index in [-0.39, 0.29) is 88.9 Å². The molecule has 4 aliphatic rings. The Balaban J connectivity index is 1.28. The molecule has 2 aliphatic heterocycles. The lowest BCUT2D eigenvalue weighted by atomic mass is 9.60. The Labute approximate surface area is 306 Å². The number of aryl methyl sites for hydroxylation is 1. The molecule has 3 aromatic heterocycles. The van der Waals surface area contributed by atoms with Crippen LogP contribution >= 0.6 is 0 Å². The molecule has 54 heavy (non-hydrogen) atoms. The summed E-state index contributed by atoms with van der Waals surface area (Å²) in [6.45, 7) is 8.17. The van der Waals surface area contributed by atoms with Gasteiger partial charge in [-0.15, -0.1) is 0 Å². The zero-order valence-electron chi connectivity index (χ0n) is 30.1. The number of anilines is 2. The standard InChI is InChI=1S/C39H37F6N7O2/c1-20-28-32(50-49-20)47-25-15-35(5,17-27(54)31(25)36(28,38(40,41)42)22-10-7-6-8-11-22)19-52-21(2)29-33(51-52)48-24-14-34(3,4)16-26(53)30(24)37(29,39(43,44)45)23-12-9-13-46-18-23/h6-13,18H,14-17,19H2,1-5H3,(H,48,51)(H2,47,49,50). The third-order valence-corrected chi connectivity index (χ3v) is 11.5. The highest BCUT2D eigenvalue weighted by Gasteiger charge is 2.68. The van der Waals surface area contributed by atoms with E-state index in [1.807, 2.05) is 13.8 Å². The van der Waals surface area contributed by atoms with Crippen LogP contribution in [0.2, 0.25) is 0 Å². The van der Waals surface area contributed by atoms with Crippen LogP contribution in [0, 0.1) is 24.7 Å². The highest BCUT2D eigenvalue weighted by atomic mass is 19.4. The number of nitrogens with one attached hydrogen (secondary N) is 3. The zero-order chi connectivity index (χ0) is 38.8. The van der Waals surface area contributed by atoms with E-state index < -0.39 is 56.7 Å². The van der Waals surface area contributed by atoms with Crippen LogP contribution in [0.1, 0.15) is 80.1 Å². The number of hydrogen-bond donors (Lipinski definition) is 3. The first-order chi connectivity index (χ1) is 25.2. The summed E-state index contributed by atoms with van der Waals surface area (Å²) in [4.78, 5) is 32.3. The fourth-order valence-electron chi connectivity index (χ4n) is 9.60. The number of fused-ring (bicyclic) bond motifs is 2. The molecule has 282 valence electrons. The lowest BCUT2D eigenvalue weighted by Crippen LogP contribution is -2.53. The molecule has 5 heterocycles. The van der Waals surface area contributed by atoms with Crippen LogP contribution in [0.15, 0.2) is 77.4 Å². The van der Waals surface area contributed by atoms with Crippen molar-refractivity contribution in [1.82, 2.24) is 25.0 Å². The molecule has 0 fully saturated rings. The van der Waals surface area contributed by atoms with Gasteiger partial charge in [0.05, 0.1) is 0 Å². The smallest absolute Gasteiger partial charge is 0.342 e. The van der Waals surface area contributed by atoms with Gasteiger partial charge in [-0.2, -0.15) is 36.5 Å². The Kier molecular flexibility index (Phi) is 7.56. The Morgan fingerprint density at radius 1 is 0.741 bits per heavy atom. The molecule has 0 saturated heterocycles. The number of carbonyl (C=O) groups is 2. The van der Waals surface area contributed by atoms with Crippen LogP contribution in [0.5, 0.6) is 0 Å². The van der Waals surface area contributed by atoms with Gasteiger partial charge in [-0.05, 0) is 54.7 Å². The molecule has 0 radical (unpaired) electrons. The quantitative estimate of drug-likeness (QED) is 0.181. The number of aromatic amines is 1.